The largest absolute Gasteiger partial charge is 0.351 e. The first-order valence-corrected chi connectivity index (χ1v) is 11.5. The highest BCUT2D eigenvalue weighted by atomic mass is 16.2. The number of piperazine rings is 1. The molecule has 33 heavy (non-hydrogen) atoms. The lowest BCUT2D eigenvalue weighted by molar-refractivity contribution is 0.0938. The highest BCUT2D eigenvalue weighted by Gasteiger charge is 2.15. The summed E-state index contributed by atoms with van der Waals surface area (Å²) in [4.78, 5) is 42.3. The van der Waals surface area contributed by atoms with Crippen molar-refractivity contribution in [2.75, 3.05) is 45.8 Å². The Labute approximate surface area is 193 Å². The molecule has 0 spiro atoms. The van der Waals surface area contributed by atoms with Crippen molar-refractivity contribution >= 4 is 16.9 Å². The number of carbonyl (C=O) groups excluding carboxylic acids is 1. The third kappa shape index (κ3) is 5.07. The zero-order valence-corrected chi connectivity index (χ0v) is 19.3. The van der Waals surface area contributed by atoms with Gasteiger partial charge in [0, 0.05) is 51.9 Å². The van der Waals surface area contributed by atoms with Gasteiger partial charge in [0.2, 0.25) is 0 Å². The van der Waals surface area contributed by atoms with E-state index >= 15 is 0 Å². The predicted octanol–water partition coefficient (Wildman–Crippen LogP) is 1.12. The van der Waals surface area contributed by atoms with Gasteiger partial charge in [-0.25, -0.2) is 0 Å². The lowest BCUT2D eigenvalue weighted by Crippen LogP contribution is -2.48. The van der Waals surface area contributed by atoms with Crippen molar-refractivity contribution in [2.45, 2.75) is 13.5 Å². The first kappa shape index (κ1) is 22.9. The number of para-hydroxylation sites is 2. The van der Waals surface area contributed by atoms with Crippen molar-refractivity contribution in [1.82, 2.24) is 24.3 Å². The molecule has 2 aromatic carbocycles. The van der Waals surface area contributed by atoms with Crippen molar-refractivity contribution in [3.8, 4) is 0 Å². The number of carbonyl (C=O) groups is 1. The summed E-state index contributed by atoms with van der Waals surface area (Å²) in [6.07, 6.45) is 0. The number of benzene rings is 2. The van der Waals surface area contributed by atoms with Gasteiger partial charge in [0.05, 0.1) is 17.6 Å². The molecule has 174 valence electrons. The molecule has 0 saturated carbocycles. The molecule has 1 amide bonds. The molecule has 8 nitrogen and oxygen atoms in total. The molecule has 0 bridgehead atoms. The summed E-state index contributed by atoms with van der Waals surface area (Å²) in [5.74, 6) is -0.107. The zero-order chi connectivity index (χ0) is 23.4. The summed E-state index contributed by atoms with van der Waals surface area (Å²) in [5.41, 5.74) is 1.72. The molecule has 1 aliphatic rings. The Bertz CT molecular complexity index is 1240. The van der Waals surface area contributed by atoms with Gasteiger partial charge in [0.15, 0.2) is 0 Å². The summed E-state index contributed by atoms with van der Waals surface area (Å²) in [7, 11) is 1.61. The molecule has 2 heterocycles. The highest BCUT2D eigenvalue weighted by Crippen LogP contribution is 2.12. The van der Waals surface area contributed by atoms with Crippen LogP contribution in [-0.2, 0) is 13.6 Å². The average Bonchev–Trinajstić information content (AvgIpc) is 2.86. The summed E-state index contributed by atoms with van der Waals surface area (Å²) >= 11 is 0. The van der Waals surface area contributed by atoms with Crippen LogP contribution in [0.25, 0.3) is 11.0 Å². The maximum absolute atomic E-state index is 12.6. The van der Waals surface area contributed by atoms with Crippen molar-refractivity contribution in [2.24, 2.45) is 7.05 Å². The van der Waals surface area contributed by atoms with Crippen LogP contribution in [0.3, 0.4) is 0 Å². The van der Waals surface area contributed by atoms with Crippen LogP contribution in [-0.4, -0.2) is 70.7 Å². The molecule has 3 aromatic rings. The van der Waals surface area contributed by atoms with Gasteiger partial charge in [-0.3, -0.25) is 23.9 Å². The van der Waals surface area contributed by atoms with Crippen LogP contribution >= 0.6 is 0 Å². The van der Waals surface area contributed by atoms with Gasteiger partial charge in [-0.15, -0.1) is 0 Å². The van der Waals surface area contributed by atoms with E-state index in [4.69, 9.17) is 0 Å². The van der Waals surface area contributed by atoms with E-state index in [-0.39, 0.29) is 12.5 Å². The minimum absolute atomic E-state index is 0.107. The van der Waals surface area contributed by atoms with Gasteiger partial charge >= 0.3 is 11.1 Å². The zero-order valence-electron chi connectivity index (χ0n) is 19.3. The molecule has 1 saturated heterocycles. The van der Waals surface area contributed by atoms with E-state index in [1.807, 2.05) is 36.4 Å². The van der Waals surface area contributed by atoms with E-state index in [1.165, 1.54) is 9.13 Å². The molecule has 1 N–H and O–H groups in total. The van der Waals surface area contributed by atoms with E-state index < -0.39 is 11.1 Å². The van der Waals surface area contributed by atoms with Crippen LogP contribution in [0.2, 0.25) is 0 Å². The number of aryl methyl sites for hydroxylation is 1. The number of nitrogens with one attached hydrogen (secondary N) is 1. The normalized spacial score (nSPS) is 15.1. The number of nitrogens with zero attached hydrogens (tertiary/aromatic N) is 4. The monoisotopic (exact) mass is 449 g/mol. The number of likely N-dealkylation sites (N-methyl/N-ethyl adjacent to an activating group) is 1. The average molecular weight is 450 g/mol. The van der Waals surface area contributed by atoms with Crippen molar-refractivity contribution in [3.63, 3.8) is 0 Å². The predicted molar refractivity (Wildman–Crippen MR) is 130 cm³/mol. The molecule has 1 fully saturated rings. The second-order valence-corrected chi connectivity index (χ2v) is 8.47. The fraction of sp³-hybridized carbons (Fsp3) is 0.400. The van der Waals surface area contributed by atoms with Crippen LogP contribution in [0.5, 0.6) is 0 Å². The molecular weight excluding hydrogens is 418 g/mol. The number of amides is 1. The van der Waals surface area contributed by atoms with Crippen LogP contribution in [0.4, 0.5) is 0 Å². The van der Waals surface area contributed by atoms with E-state index in [9.17, 15) is 14.4 Å². The number of hydrogen-bond acceptors (Lipinski definition) is 5. The van der Waals surface area contributed by atoms with Crippen molar-refractivity contribution < 1.29 is 4.79 Å². The minimum atomic E-state index is -0.558. The van der Waals surface area contributed by atoms with Gasteiger partial charge in [-0.05, 0) is 36.4 Å². The smallest absolute Gasteiger partial charge is 0.317 e. The SMILES string of the molecule is CCN1CCN(CCNC(=O)c2ccc(Cn3c(=O)c(=O)n(C)c4ccccc43)cc2)CC1. The first-order valence-electron chi connectivity index (χ1n) is 11.5. The van der Waals surface area contributed by atoms with Gasteiger partial charge in [0.1, 0.15) is 0 Å². The number of rotatable bonds is 7. The van der Waals surface area contributed by atoms with E-state index in [1.54, 1.807) is 19.2 Å². The summed E-state index contributed by atoms with van der Waals surface area (Å²) < 4.78 is 2.87. The third-order valence-electron chi connectivity index (χ3n) is 6.45. The van der Waals surface area contributed by atoms with Gasteiger partial charge in [-0.2, -0.15) is 0 Å². The molecule has 0 atom stereocenters. The Morgan fingerprint density at radius 3 is 2.18 bits per heavy atom. The molecule has 1 aliphatic heterocycles. The van der Waals surface area contributed by atoms with Gasteiger partial charge in [-0.1, -0.05) is 31.2 Å². The topological polar surface area (TPSA) is 79.6 Å². The Morgan fingerprint density at radius 2 is 1.52 bits per heavy atom. The Balaban J connectivity index is 1.39. The lowest BCUT2D eigenvalue weighted by Gasteiger charge is -2.33. The van der Waals surface area contributed by atoms with E-state index in [0.29, 0.717) is 23.1 Å². The first-order chi connectivity index (χ1) is 16.0. The Hall–Kier alpha value is -3.23. The Kier molecular flexibility index (Phi) is 7.05. The molecule has 8 heteroatoms. The van der Waals surface area contributed by atoms with Crippen molar-refractivity contribution in [3.05, 3.63) is 80.4 Å². The standard InChI is InChI=1S/C25H31N5O3/c1-3-28-14-16-29(17-15-28)13-12-26-23(31)20-10-8-19(9-11-20)18-30-22-7-5-4-6-21(22)27(2)24(32)25(30)33/h4-11H,3,12-18H2,1-2H3,(H,26,31). The van der Waals surface area contributed by atoms with Crippen molar-refractivity contribution in [1.29, 1.82) is 0 Å². The van der Waals surface area contributed by atoms with Crippen LogP contribution < -0.4 is 16.4 Å². The molecule has 0 radical (unpaired) electrons. The van der Waals surface area contributed by atoms with Crippen LogP contribution in [0.15, 0.2) is 58.1 Å². The highest BCUT2D eigenvalue weighted by molar-refractivity contribution is 5.94. The maximum atomic E-state index is 12.6. The fourth-order valence-corrected chi connectivity index (χ4v) is 4.31. The molecule has 0 unspecified atom stereocenters. The fourth-order valence-electron chi connectivity index (χ4n) is 4.31. The minimum Gasteiger partial charge on any atom is -0.351 e. The van der Waals surface area contributed by atoms with E-state index in [2.05, 4.69) is 22.0 Å². The number of fused-ring (bicyclic) bond motifs is 1. The Morgan fingerprint density at radius 1 is 0.879 bits per heavy atom. The summed E-state index contributed by atoms with van der Waals surface area (Å²) in [5, 5.41) is 2.99. The lowest BCUT2D eigenvalue weighted by atomic mass is 10.1. The van der Waals surface area contributed by atoms with Crippen LogP contribution in [0.1, 0.15) is 22.8 Å². The van der Waals surface area contributed by atoms with E-state index in [0.717, 1.165) is 44.8 Å². The molecule has 0 aliphatic carbocycles. The molecule has 1 aromatic heterocycles. The second kappa shape index (κ2) is 10.1. The summed E-state index contributed by atoms with van der Waals surface area (Å²) in [6, 6.07) is 14.5. The van der Waals surface area contributed by atoms with Gasteiger partial charge < -0.3 is 14.8 Å². The maximum Gasteiger partial charge on any atom is 0.317 e. The third-order valence-corrected chi connectivity index (χ3v) is 6.45. The molecule has 4 rings (SSSR count). The second-order valence-electron chi connectivity index (χ2n) is 8.47. The summed E-state index contributed by atoms with van der Waals surface area (Å²) in [6.45, 7) is 9.23. The quantitative estimate of drug-likeness (QED) is 0.547. The number of hydrogen-bond donors (Lipinski definition) is 1. The van der Waals surface area contributed by atoms with Gasteiger partial charge in [0.25, 0.3) is 5.91 Å². The van der Waals surface area contributed by atoms with Crippen LogP contribution in [0, 0.1) is 0 Å². The molecular formula is C25H31N5O3. The number of aromatic nitrogens is 2.